The summed E-state index contributed by atoms with van der Waals surface area (Å²) >= 11 is 2.90. The van der Waals surface area contributed by atoms with Crippen molar-refractivity contribution in [2.24, 2.45) is 7.05 Å². The van der Waals surface area contributed by atoms with Crippen molar-refractivity contribution in [3.05, 3.63) is 20.8 Å². The monoisotopic (exact) mass is 350 g/mol. The Morgan fingerprint density at radius 1 is 1.39 bits per heavy atom. The fourth-order valence-electron chi connectivity index (χ4n) is 2.96. The molecule has 0 fully saturated rings. The number of aromatic nitrogens is 4. The van der Waals surface area contributed by atoms with Gasteiger partial charge >= 0.3 is 5.97 Å². The van der Waals surface area contributed by atoms with Gasteiger partial charge in [0.1, 0.15) is 4.83 Å². The molecule has 0 aliphatic heterocycles. The third kappa shape index (κ3) is 2.10. The molecule has 0 unspecified atom stereocenters. The second-order valence-corrected chi connectivity index (χ2v) is 7.41. The largest absolute Gasteiger partial charge is 0.468 e. The summed E-state index contributed by atoms with van der Waals surface area (Å²) in [4.78, 5) is 26.2. The van der Waals surface area contributed by atoms with Crippen molar-refractivity contribution in [1.82, 2.24) is 19.2 Å². The molecular formula is C14H14N4O3S2. The summed E-state index contributed by atoms with van der Waals surface area (Å²) in [7, 11) is 3.07. The zero-order chi connectivity index (χ0) is 16.1. The van der Waals surface area contributed by atoms with Crippen LogP contribution < -0.4 is 5.56 Å². The van der Waals surface area contributed by atoms with Gasteiger partial charge in [0.25, 0.3) is 5.56 Å². The van der Waals surface area contributed by atoms with E-state index in [1.54, 1.807) is 18.4 Å². The summed E-state index contributed by atoms with van der Waals surface area (Å²) in [6.07, 6.45) is 3.07. The Hall–Kier alpha value is -1.87. The second-order valence-electron chi connectivity index (χ2n) is 5.38. The van der Waals surface area contributed by atoms with E-state index in [9.17, 15) is 9.59 Å². The van der Waals surface area contributed by atoms with Crippen LogP contribution in [-0.4, -0.2) is 38.0 Å². The minimum Gasteiger partial charge on any atom is -0.468 e. The molecule has 0 aromatic carbocycles. The lowest BCUT2D eigenvalue weighted by molar-refractivity contribution is -0.137. The average Bonchev–Trinajstić information content (AvgIpc) is 3.22. The van der Waals surface area contributed by atoms with E-state index in [4.69, 9.17) is 0 Å². The Bertz CT molecular complexity index is 1000. The molecule has 3 heterocycles. The zero-order valence-electron chi connectivity index (χ0n) is 12.7. The highest BCUT2D eigenvalue weighted by Gasteiger charge is 2.25. The Morgan fingerprint density at radius 3 is 3.00 bits per heavy atom. The van der Waals surface area contributed by atoms with Crippen molar-refractivity contribution in [3.8, 4) is 0 Å². The zero-order valence-corrected chi connectivity index (χ0v) is 14.3. The lowest BCUT2D eigenvalue weighted by atomic mass is 10.2. The summed E-state index contributed by atoms with van der Waals surface area (Å²) in [6, 6.07) is 0. The van der Waals surface area contributed by atoms with Gasteiger partial charge in [-0.15, -0.1) is 21.5 Å². The molecule has 1 aliphatic rings. The number of hydrogen-bond donors (Lipinski definition) is 0. The van der Waals surface area contributed by atoms with Gasteiger partial charge in [-0.2, -0.15) is 0 Å². The number of rotatable bonds is 3. The summed E-state index contributed by atoms with van der Waals surface area (Å²) in [5, 5.41) is 9.65. The molecule has 3 aromatic rings. The first-order valence-corrected chi connectivity index (χ1v) is 9.00. The molecular weight excluding hydrogens is 336 g/mol. The third-order valence-electron chi connectivity index (χ3n) is 4.09. The van der Waals surface area contributed by atoms with Gasteiger partial charge in [0, 0.05) is 11.9 Å². The molecule has 3 aromatic heterocycles. The van der Waals surface area contributed by atoms with Gasteiger partial charge in [0.15, 0.2) is 5.16 Å². The van der Waals surface area contributed by atoms with Crippen molar-refractivity contribution in [3.63, 3.8) is 0 Å². The molecule has 0 N–H and O–H groups in total. The van der Waals surface area contributed by atoms with Crippen LogP contribution in [0.15, 0.2) is 9.95 Å². The molecule has 0 atom stereocenters. The van der Waals surface area contributed by atoms with E-state index in [1.807, 2.05) is 4.40 Å². The second kappa shape index (κ2) is 5.34. The van der Waals surface area contributed by atoms with Crippen LogP contribution in [0.3, 0.4) is 0 Å². The smallest absolute Gasteiger partial charge is 0.316 e. The summed E-state index contributed by atoms with van der Waals surface area (Å²) in [6.45, 7) is 0. The quantitative estimate of drug-likeness (QED) is 0.525. The Morgan fingerprint density at radius 2 is 2.22 bits per heavy atom. The maximum absolute atomic E-state index is 12.7. The van der Waals surface area contributed by atoms with Crippen LogP contribution in [0, 0.1) is 0 Å². The maximum Gasteiger partial charge on any atom is 0.316 e. The molecule has 0 radical (unpaired) electrons. The standard InChI is InChI=1S/C14H14N4O3S2/c1-17-11(20)10-7-4-3-5-8(7)23-12(10)18-13(17)15-16-14(18)22-6-9(19)21-2/h3-6H2,1-2H3. The Kier molecular flexibility index (Phi) is 3.42. The van der Waals surface area contributed by atoms with E-state index < -0.39 is 0 Å². The highest BCUT2D eigenvalue weighted by atomic mass is 32.2. The molecule has 0 saturated carbocycles. The van der Waals surface area contributed by atoms with Crippen LogP contribution in [0.4, 0.5) is 0 Å². The van der Waals surface area contributed by atoms with Crippen LogP contribution in [0.1, 0.15) is 16.9 Å². The molecule has 0 spiro atoms. The highest BCUT2D eigenvalue weighted by Crippen LogP contribution is 2.36. The van der Waals surface area contributed by atoms with Gasteiger partial charge < -0.3 is 4.74 Å². The SMILES string of the molecule is COC(=O)CSc1nnc2n(C)c(=O)c3c4c(sc3n12)CCC4. The maximum atomic E-state index is 12.7. The number of fused-ring (bicyclic) bond motifs is 5. The van der Waals surface area contributed by atoms with Crippen LogP contribution in [0.2, 0.25) is 0 Å². The van der Waals surface area contributed by atoms with E-state index in [2.05, 4.69) is 14.9 Å². The highest BCUT2D eigenvalue weighted by molar-refractivity contribution is 7.99. The third-order valence-corrected chi connectivity index (χ3v) is 6.27. The first kappa shape index (κ1) is 14.7. The van der Waals surface area contributed by atoms with Crippen molar-refractivity contribution >= 4 is 45.1 Å². The Labute approximate surface area is 139 Å². The summed E-state index contributed by atoms with van der Waals surface area (Å²) in [5.74, 6) is 0.337. The molecule has 1 aliphatic carbocycles. The van der Waals surface area contributed by atoms with Gasteiger partial charge in [-0.3, -0.25) is 14.2 Å². The molecule has 23 heavy (non-hydrogen) atoms. The molecule has 0 saturated heterocycles. The van der Waals surface area contributed by atoms with Gasteiger partial charge in [0.05, 0.1) is 18.2 Å². The minimum absolute atomic E-state index is 0.0242. The van der Waals surface area contributed by atoms with E-state index in [0.29, 0.717) is 10.9 Å². The number of carbonyl (C=O) groups excluding carboxylic acids is 1. The summed E-state index contributed by atoms with van der Waals surface area (Å²) in [5.41, 5.74) is 1.15. The number of thiophene rings is 1. The molecule has 120 valence electrons. The Balaban J connectivity index is 1.97. The van der Waals surface area contributed by atoms with Crippen LogP contribution in [0.25, 0.3) is 16.0 Å². The molecule has 0 bridgehead atoms. The number of nitrogens with zero attached hydrogens (tertiary/aromatic N) is 4. The van der Waals surface area contributed by atoms with E-state index >= 15 is 0 Å². The average molecular weight is 350 g/mol. The van der Waals surface area contributed by atoms with Crippen molar-refractivity contribution in [2.45, 2.75) is 24.4 Å². The lowest BCUT2D eigenvalue weighted by Gasteiger charge is -2.05. The van der Waals surface area contributed by atoms with Gasteiger partial charge in [-0.05, 0) is 24.8 Å². The number of hydrogen-bond acceptors (Lipinski definition) is 7. The summed E-state index contributed by atoms with van der Waals surface area (Å²) < 4.78 is 8.08. The van der Waals surface area contributed by atoms with E-state index in [-0.39, 0.29) is 17.3 Å². The number of esters is 1. The first-order chi connectivity index (χ1) is 11.1. The predicted molar refractivity (Wildman–Crippen MR) is 88.4 cm³/mol. The fourth-order valence-corrected chi connectivity index (χ4v) is 5.16. The first-order valence-electron chi connectivity index (χ1n) is 7.19. The van der Waals surface area contributed by atoms with E-state index in [1.165, 1.54) is 33.9 Å². The number of aryl methyl sites for hydroxylation is 3. The number of thioether (sulfide) groups is 1. The minimum atomic E-state index is -0.318. The fraction of sp³-hybridized carbons (Fsp3) is 0.429. The number of methoxy groups -OCH3 is 1. The number of carbonyl (C=O) groups is 1. The normalized spacial score (nSPS) is 13.8. The molecule has 4 rings (SSSR count). The van der Waals surface area contributed by atoms with Crippen molar-refractivity contribution < 1.29 is 9.53 Å². The molecule has 0 amide bonds. The van der Waals surface area contributed by atoms with E-state index in [0.717, 1.165) is 29.5 Å². The lowest BCUT2D eigenvalue weighted by Crippen LogP contribution is -2.20. The molecule has 7 nitrogen and oxygen atoms in total. The van der Waals surface area contributed by atoms with Gasteiger partial charge in [0.2, 0.25) is 5.78 Å². The van der Waals surface area contributed by atoms with Crippen LogP contribution in [0.5, 0.6) is 0 Å². The van der Waals surface area contributed by atoms with Crippen LogP contribution in [-0.2, 0) is 29.4 Å². The van der Waals surface area contributed by atoms with Crippen molar-refractivity contribution in [2.75, 3.05) is 12.9 Å². The number of ether oxygens (including phenoxy) is 1. The van der Waals surface area contributed by atoms with Crippen LogP contribution >= 0.6 is 23.1 Å². The predicted octanol–water partition coefficient (Wildman–Crippen LogP) is 1.40. The van der Waals surface area contributed by atoms with Gasteiger partial charge in [-0.1, -0.05) is 11.8 Å². The topological polar surface area (TPSA) is 78.5 Å². The van der Waals surface area contributed by atoms with Gasteiger partial charge in [-0.25, -0.2) is 4.40 Å². The molecule has 9 heteroatoms. The van der Waals surface area contributed by atoms with Crippen molar-refractivity contribution in [1.29, 1.82) is 0 Å².